The van der Waals surface area contributed by atoms with Crippen molar-refractivity contribution in [2.24, 2.45) is 5.73 Å². The van der Waals surface area contributed by atoms with Crippen LogP contribution >= 0.6 is 0 Å². The fraction of sp³-hybridized carbons (Fsp3) is 0.250. The summed E-state index contributed by atoms with van der Waals surface area (Å²) < 4.78 is 5.12. The van der Waals surface area contributed by atoms with Crippen LogP contribution < -0.4 is 10.5 Å². The highest BCUT2D eigenvalue weighted by atomic mass is 16.5. The molecule has 3 heteroatoms. The summed E-state index contributed by atoms with van der Waals surface area (Å²) in [7, 11) is 1.63. The first-order chi connectivity index (χ1) is 7.13. The first-order valence-electron chi connectivity index (χ1n) is 4.55. The first-order valence-corrected chi connectivity index (χ1v) is 4.55. The van der Waals surface area contributed by atoms with Gasteiger partial charge in [-0.3, -0.25) is 4.79 Å². The molecule has 1 aromatic rings. The van der Waals surface area contributed by atoms with E-state index in [1.165, 1.54) is 0 Å². The van der Waals surface area contributed by atoms with Crippen molar-refractivity contribution in [3.05, 3.63) is 29.3 Å². The summed E-state index contributed by atoms with van der Waals surface area (Å²) in [4.78, 5) is 10.5. The molecule has 15 heavy (non-hydrogen) atoms. The maximum atomic E-state index is 10.5. The van der Waals surface area contributed by atoms with Gasteiger partial charge in [-0.1, -0.05) is 11.8 Å². The number of amides is 1. The minimum Gasteiger partial charge on any atom is -0.496 e. The van der Waals surface area contributed by atoms with Gasteiger partial charge in [0.1, 0.15) is 5.75 Å². The molecule has 0 heterocycles. The smallest absolute Gasteiger partial charge is 0.229 e. The molecule has 1 rings (SSSR count). The van der Waals surface area contributed by atoms with Crippen molar-refractivity contribution in [2.45, 2.75) is 13.3 Å². The van der Waals surface area contributed by atoms with Crippen LogP contribution in [0.3, 0.4) is 0 Å². The Kier molecular flexibility index (Phi) is 3.75. The number of carbonyl (C=O) groups is 1. The summed E-state index contributed by atoms with van der Waals surface area (Å²) in [5, 5.41) is 0. The number of carbonyl (C=O) groups excluding carboxylic acids is 1. The van der Waals surface area contributed by atoms with E-state index in [1.807, 2.05) is 25.1 Å². The molecule has 0 radical (unpaired) electrons. The van der Waals surface area contributed by atoms with Gasteiger partial charge in [0.2, 0.25) is 5.91 Å². The summed E-state index contributed by atoms with van der Waals surface area (Å²) in [6.45, 7) is 1.94. The van der Waals surface area contributed by atoms with Gasteiger partial charge in [-0.05, 0) is 30.7 Å². The Bertz CT molecular complexity index is 427. The summed E-state index contributed by atoms with van der Waals surface area (Å²) in [5.74, 6) is 5.98. The zero-order chi connectivity index (χ0) is 11.3. The first kappa shape index (κ1) is 11.1. The van der Waals surface area contributed by atoms with E-state index >= 15 is 0 Å². The normalized spacial score (nSPS) is 8.93. The van der Waals surface area contributed by atoms with Crippen LogP contribution in [0.4, 0.5) is 0 Å². The minimum absolute atomic E-state index is 0.0884. The molecule has 0 aromatic heterocycles. The quantitative estimate of drug-likeness (QED) is 0.735. The predicted octanol–water partition coefficient (Wildman–Crippen LogP) is 1.23. The van der Waals surface area contributed by atoms with Gasteiger partial charge in [-0.2, -0.15) is 0 Å². The van der Waals surface area contributed by atoms with Crippen molar-refractivity contribution in [1.29, 1.82) is 0 Å². The molecule has 2 N–H and O–H groups in total. The van der Waals surface area contributed by atoms with Gasteiger partial charge in [0.05, 0.1) is 13.5 Å². The second-order valence-electron chi connectivity index (χ2n) is 3.13. The van der Waals surface area contributed by atoms with Crippen LogP contribution in [0.25, 0.3) is 0 Å². The van der Waals surface area contributed by atoms with E-state index in [1.54, 1.807) is 7.11 Å². The molecule has 0 saturated heterocycles. The van der Waals surface area contributed by atoms with E-state index < -0.39 is 5.91 Å². The Labute approximate surface area is 89.2 Å². The van der Waals surface area contributed by atoms with E-state index in [4.69, 9.17) is 10.5 Å². The Morgan fingerprint density at radius 3 is 2.80 bits per heavy atom. The Morgan fingerprint density at radius 1 is 1.53 bits per heavy atom. The van der Waals surface area contributed by atoms with Crippen LogP contribution in [0, 0.1) is 18.8 Å². The lowest BCUT2D eigenvalue weighted by Crippen LogP contribution is -2.08. The average molecular weight is 203 g/mol. The lowest BCUT2D eigenvalue weighted by molar-refractivity contribution is -0.117. The molecular weight excluding hydrogens is 190 g/mol. The third-order valence-corrected chi connectivity index (χ3v) is 1.89. The number of benzene rings is 1. The third kappa shape index (κ3) is 3.35. The second kappa shape index (κ2) is 5.06. The molecule has 0 atom stereocenters. The molecule has 0 aliphatic carbocycles. The van der Waals surface area contributed by atoms with Gasteiger partial charge in [0.25, 0.3) is 0 Å². The van der Waals surface area contributed by atoms with E-state index in [9.17, 15) is 4.79 Å². The number of hydrogen-bond donors (Lipinski definition) is 1. The van der Waals surface area contributed by atoms with Gasteiger partial charge in [-0.25, -0.2) is 0 Å². The summed E-state index contributed by atoms with van der Waals surface area (Å²) >= 11 is 0. The monoisotopic (exact) mass is 203 g/mol. The number of primary amides is 1. The molecule has 0 aliphatic rings. The fourth-order valence-electron chi connectivity index (χ4n) is 1.19. The molecule has 0 unspecified atom stereocenters. The van der Waals surface area contributed by atoms with Gasteiger partial charge in [0.15, 0.2) is 0 Å². The molecule has 1 amide bonds. The molecule has 0 fully saturated rings. The molecule has 0 bridgehead atoms. The van der Waals surface area contributed by atoms with Crippen LogP contribution in [0.1, 0.15) is 17.5 Å². The largest absolute Gasteiger partial charge is 0.496 e. The lowest BCUT2D eigenvalue weighted by atomic mass is 10.1. The van der Waals surface area contributed by atoms with Crippen molar-refractivity contribution in [3.8, 4) is 17.6 Å². The van der Waals surface area contributed by atoms with Crippen molar-refractivity contribution >= 4 is 5.91 Å². The highest BCUT2D eigenvalue weighted by molar-refractivity contribution is 5.76. The number of ether oxygens (including phenoxy) is 1. The van der Waals surface area contributed by atoms with Crippen molar-refractivity contribution in [3.63, 3.8) is 0 Å². The highest BCUT2D eigenvalue weighted by Gasteiger charge is 1.97. The zero-order valence-corrected chi connectivity index (χ0v) is 8.83. The molecule has 78 valence electrons. The molecule has 0 saturated carbocycles. The van der Waals surface area contributed by atoms with E-state index in [-0.39, 0.29) is 6.42 Å². The number of hydrogen-bond acceptors (Lipinski definition) is 2. The Balaban J connectivity index is 2.82. The van der Waals surface area contributed by atoms with Crippen molar-refractivity contribution in [1.82, 2.24) is 0 Å². The topological polar surface area (TPSA) is 52.3 Å². The van der Waals surface area contributed by atoms with Crippen LogP contribution in [0.15, 0.2) is 18.2 Å². The SMILES string of the molecule is COc1ccc(C#CCC(N)=O)cc1C. The number of aryl methyl sites for hydroxylation is 1. The van der Waals surface area contributed by atoms with Crippen molar-refractivity contribution < 1.29 is 9.53 Å². The lowest BCUT2D eigenvalue weighted by Gasteiger charge is -2.03. The predicted molar refractivity (Wildman–Crippen MR) is 58.4 cm³/mol. The number of nitrogens with two attached hydrogens (primary N) is 1. The summed E-state index contributed by atoms with van der Waals surface area (Å²) in [6.07, 6.45) is 0.0884. The molecule has 3 nitrogen and oxygen atoms in total. The maximum absolute atomic E-state index is 10.5. The van der Waals surface area contributed by atoms with Gasteiger partial charge in [0, 0.05) is 5.56 Å². The van der Waals surface area contributed by atoms with Gasteiger partial charge in [-0.15, -0.1) is 0 Å². The summed E-state index contributed by atoms with van der Waals surface area (Å²) in [6, 6.07) is 5.61. The van der Waals surface area contributed by atoms with E-state index in [0.29, 0.717) is 0 Å². The number of rotatable bonds is 2. The maximum Gasteiger partial charge on any atom is 0.229 e. The Hall–Kier alpha value is -1.95. The van der Waals surface area contributed by atoms with E-state index in [2.05, 4.69) is 11.8 Å². The van der Waals surface area contributed by atoms with E-state index in [0.717, 1.165) is 16.9 Å². The second-order valence-corrected chi connectivity index (χ2v) is 3.13. The van der Waals surface area contributed by atoms with Crippen molar-refractivity contribution in [2.75, 3.05) is 7.11 Å². The summed E-state index contributed by atoms with van der Waals surface area (Å²) in [5.41, 5.74) is 6.84. The molecule has 0 aliphatic heterocycles. The minimum atomic E-state index is -0.410. The van der Waals surface area contributed by atoms with Gasteiger partial charge < -0.3 is 10.5 Å². The van der Waals surface area contributed by atoms with Crippen LogP contribution in [-0.2, 0) is 4.79 Å². The van der Waals surface area contributed by atoms with Gasteiger partial charge >= 0.3 is 0 Å². The standard InChI is InChI=1S/C12H13NO2/c1-9-8-10(4-3-5-12(13)14)6-7-11(9)15-2/h6-8H,5H2,1-2H3,(H2,13,14). The molecule has 0 spiro atoms. The Morgan fingerprint density at radius 2 is 2.27 bits per heavy atom. The molecular formula is C12H13NO2. The van der Waals surface area contributed by atoms with Crippen LogP contribution in [0.5, 0.6) is 5.75 Å². The fourth-order valence-corrected chi connectivity index (χ4v) is 1.19. The zero-order valence-electron chi connectivity index (χ0n) is 8.83. The van der Waals surface area contributed by atoms with Crippen LogP contribution in [-0.4, -0.2) is 13.0 Å². The average Bonchev–Trinajstić information content (AvgIpc) is 2.17. The van der Waals surface area contributed by atoms with Crippen LogP contribution in [0.2, 0.25) is 0 Å². The number of methoxy groups -OCH3 is 1. The molecule has 1 aromatic carbocycles. The third-order valence-electron chi connectivity index (χ3n) is 1.89. The highest BCUT2D eigenvalue weighted by Crippen LogP contribution is 2.17.